The van der Waals surface area contributed by atoms with Gasteiger partial charge in [-0.15, -0.1) is 0 Å². The average molecular weight is 380 g/mol. The predicted molar refractivity (Wildman–Crippen MR) is 107 cm³/mol. The third kappa shape index (κ3) is 5.19. The van der Waals surface area contributed by atoms with Crippen molar-refractivity contribution in [3.63, 3.8) is 0 Å². The molecule has 0 unspecified atom stereocenters. The normalized spacial score (nSPS) is 14.2. The maximum Gasteiger partial charge on any atom is 0.335 e. The molecular weight excluding hydrogens is 356 g/mol. The Kier molecular flexibility index (Phi) is 6.42. The number of likely N-dealkylation sites (tertiary alicyclic amines) is 1. The zero-order valence-corrected chi connectivity index (χ0v) is 15.7. The van der Waals surface area contributed by atoms with Crippen molar-refractivity contribution in [2.24, 2.45) is 0 Å². The fraction of sp³-hybridized carbons (Fsp3) is 0.318. The highest BCUT2D eigenvalue weighted by molar-refractivity contribution is 5.96. The summed E-state index contributed by atoms with van der Waals surface area (Å²) in [4.78, 5) is 37.6. The maximum absolute atomic E-state index is 12.6. The van der Waals surface area contributed by atoms with Gasteiger partial charge in [-0.2, -0.15) is 0 Å². The molecule has 1 heterocycles. The number of carboxylic acid groups (broad SMARTS) is 1. The number of nitrogens with one attached hydrogen (secondary N) is 1. The van der Waals surface area contributed by atoms with Crippen LogP contribution in [-0.4, -0.2) is 40.9 Å². The van der Waals surface area contributed by atoms with Crippen LogP contribution >= 0.6 is 0 Å². The van der Waals surface area contributed by atoms with Gasteiger partial charge >= 0.3 is 5.97 Å². The van der Waals surface area contributed by atoms with E-state index in [1.54, 1.807) is 36.4 Å². The van der Waals surface area contributed by atoms with Crippen molar-refractivity contribution in [1.82, 2.24) is 4.90 Å². The summed E-state index contributed by atoms with van der Waals surface area (Å²) in [6, 6.07) is 13.2. The summed E-state index contributed by atoms with van der Waals surface area (Å²) in [6.45, 7) is 1.61. The molecule has 0 aromatic heterocycles. The van der Waals surface area contributed by atoms with Crippen molar-refractivity contribution in [3.05, 3.63) is 65.2 Å². The smallest absolute Gasteiger partial charge is 0.335 e. The van der Waals surface area contributed by atoms with Gasteiger partial charge in [-0.1, -0.05) is 25.0 Å². The Labute approximate surface area is 164 Å². The first-order valence-corrected chi connectivity index (χ1v) is 9.54. The number of carbonyl (C=O) groups excluding carboxylic acids is 2. The molecule has 1 saturated heterocycles. The standard InChI is InChI=1S/C22H24N2O4/c25-20(15-16-5-7-18(8-6-16)22(27)28)23-19-11-9-17(10-12-19)21(26)24-13-3-1-2-4-14-24/h5-12H,1-4,13-15H2,(H,23,25)(H,27,28). The van der Waals surface area contributed by atoms with E-state index in [1.807, 2.05) is 4.90 Å². The van der Waals surface area contributed by atoms with Gasteiger partial charge in [0.1, 0.15) is 0 Å². The molecule has 1 aliphatic rings. The molecular formula is C22H24N2O4. The van der Waals surface area contributed by atoms with Crippen molar-refractivity contribution >= 4 is 23.5 Å². The highest BCUT2D eigenvalue weighted by Gasteiger charge is 2.17. The lowest BCUT2D eigenvalue weighted by molar-refractivity contribution is -0.115. The lowest BCUT2D eigenvalue weighted by atomic mass is 10.1. The monoisotopic (exact) mass is 380 g/mol. The number of nitrogens with zero attached hydrogens (tertiary/aromatic N) is 1. The van der Waals surface area contributed by atoms with Crippen LogP contribution in [0.4, 0.5) is 5.69 Å². The van der Waals surface area contributed by atoms with Crippen molar-refractivity contribution in [2.45, 2.75) is 32.1 Å². The van der Waals surface area contributed by atoms with E-state index >= 15 is 0 Å². The maximum atomic E-state index is 12.6. The number of benzene rings is 2. The number of hydrogen-bond acceptors (Lipinski definition) is 3. The summed E-state index contributed by atoms with van der Waals surface area (Å²) >= 11 is 0. The minimum Gasteiger partial charge on any atom is -0.478 e. The van der Waals surface area contributed by atoms with E-state index in [2.05, 4.69) is 5.32 Å². The quantitative estimate of drug-likeness (QED) is 0.830. The lowest BCUT2D eigenvalue weighted by Crippen LogP contribution is -2.31. The summed E-state index contributed by atoms with van der Waals surface area (Å²) in [6.07, 6.45) is 4.59. The molecule has 0 aliphatic carbocycles. The molecule has 0 spiro atoms. The number of hydrogen-bond donors (Lipinski definition) is 2. The van der Waals surface area contributed by atoms with Crippen LogP contribution < -0.4 is 5.32 Å². The van der Waals surface area contributed by atoms with Gasteiger partial charge in [-0.05, 0) is 54.8 Å². The Hall–Kier alpha value is -3.15. The molecule has 2 amide bonds. The van der Waals surface area contributed by atoms with Gasteiger partial charge in [0.15, 0.2) is 0 Å². The molecule has 2 N–H and O–H groups in total. The summed E-state index contributed by atoms with van der Waals surface area (Å²) < 4.78 is 0. The number of rotatable bonds is 5. The second kappa shape index (κ2) is 9.17. The summed E-state index contributed by atoms with van der Waals surface area (Å²) in [7, 11) is 0. The Balaban J connectivity index is 1.56. The first kappa shape index (κ1) is 19.6. The van der Waals surface area contributed by atoms with Crippen molar-refractivity contribution in [1.29, 1.82) is 0 Å². The van der Waals surface area contributed by atoms with Gasteiger partial charge < -0.3 is 15.3 Å². The van der Waals surface area contributed by atoms with Crippen LogP contribution in [0.25, 0.3) is 0 Å². The van der Waals surface area contributed by atoms with Gasteiger partial charge in [0, 0.05) is 24.3 Å². The Morgan fingerprint density at radius 3 is 1.96 bits per heavy atom. The van der Waals surface area contributed by atoms with E-state index in [0.717, 1.165) is 31.5 Å². The number of anilines is 1. The van der Waals surface area contributed by atoms with Crippen LogP contribution in [0.2, 0.25) is 0 Å². The van der Waals surface area contributed by atoms with Crippen LogP contribution in [0.3, 0.4) is 0 Å². The molecule has 6 heteroatoms. The van der Waals surface area contributed by atoms with Crippen LogP contribution in [0.15, 0.2) is 48.5 Å². The molecule has 0 bridgehead atoms. The van der Waals surface area contributed by atoms with Crippen LogP contribution in [-0.2, 0) is 11.2 Å². The van der Waals surface area contributed by atoms with E-state index in [0.29, 0.717) is 11.3 Å². The van der Waals surface area contributed by atoms with E-state index in [4.69, 9.17) is 5.11 Å². The molecule has 0 atom stereocenters. The molecule has 6 nitrogen and oxygen atoms in total. The zero-order valence-electron chi connectivity index (χ0n) is 15.7. The fourth-order valence-corrected chi connectivity index (χ4v) is 3.31. The predicted octanol–water partition coefficient (Wildman–Crippen LogP) is 3.58. The largest absolute Gasteiger partial charge is 0.478 e. The molecule has 2 aromatic rings. The van der Waals surface area contributed by atoms with Crippen molar-refractivity contribution in [3.8, 4) is 0 Å². The molecule has 3 rings (SSSR count). The fourth-order valence-electron chi connectivity index (χ4n) is 3.31. The summed E-state index contributed by atoms with van der Waals surface area (Å²) in [5.74, 6) is -1.15. The molecule has 2 aromatic carbocycles. The lowest BCUT2D eigenvalue weighted by Gasteiger charge is -2.20. The summed E-state index contributed by atoms with van der Waals surface area (Å²) in [5.41, 5.74) is 2.17. The minimum atomic E-state index is -0.995. The second-order valence-electron chi connectivity index (χ2n) is 7.01. The molecule has 1 aliphatic heterocycles. The molecule has 0 radical (unpaired) electrons. The highest BCUT2D eigenvalue weighted by Crippen LogP contribution is 2.16. The van der Waals surface area contributed by atoms with Gasteiger partial charge in [-0.25, -0.2) is 4.79 Å². The Bertz CT molecular complexity index is 836. The minimum absolute atomic E-state index is 0.0401. The third-order valence-electron chi connectivity index (χ3n) is 4.87. The van der Waals surface area contributed by atoms with E-state index < -0.39 is 5.97 Å². The number of aromatic carboxylic acids is 1. The number of amides is 2. The van der Waals surface area contributed by atoms with Gasteiger partial charge in [0.05, 0.1) is 12.0 Å². The Morgan fingerprint density at radius 1 is 0.821 bits per heavy atom. The molecule has 1 fully saturated rings. The third-order valence-corrected chi connectivity index (χ3v) is 4.87. The first-order valence-electron chi connectivity index (χ1n) is 9.54. The molecule has 146 valence electrons. The average Bonchev–Trinajstić information content (AvgIpc) is 2.98. The van der Waals surface area contributed by atoms with Crippen LogP contribution in [0.1, 0.15) is 52.0 Å². The SMILES string of the molecule is O=C(Cc1ccc(C(=O)O)cc1)Nc1ccc(C(=O)N2CCCCCC2)cc1. The highest BCUT2D eigenvalue weighted by atomic mass is 16.4. The van der Waals surface area contributed by atoms with Crippen LogP contribution in [0, 0.1) is 0 Å². The van der Waals surface area contributed by atoms with Gasteiger partial charge in [-0.3, -0.25) is 9.59 Å². The van der Waals surface area contributed by atoms with Crippen molar-refractivity contribution in [2.75, 3.05) is 18.4 Å². The first-order chi connectivity index (χ1) is 13.5. The molecule has 28 heavy (non-hydrogen) atoms. The molecule has 0 saturated carbocycles. The number of carboxylic acids is 1. The van der Waals surface area contributed by atoms with Crippen molar-refractivity contribution < 1.29 is 19.5 Å². The van der Waals surface area contributed by atoms with E-state index in [-0.39, 0.29) is 23.8 Å². The Morgan fingerprint density at radius 2 is 1.39 bits per heavy atom. The van der Waals surface area contributed by atoms with E-state index in [1.165, 1.54) is 25.0 Å². The second-order valence-corrected chi connectivity index (χ2v) is 7.01. The topological polar surface area (TPSA) is 86.7 Å². The number of carbonyl (C=O) groups is 3. The van der Waals surface area contributed by atoms with E-state index in [9.17, 15) is 14.4 Å². The van der Waals surface area contributed by atoms with Crippen LogP contribution in [0.5, 0.6) is 0 Å². The zero-order chi connectivity index (χ0) is 19.9. The van der Waals surface area contributed by atoms with Gasteiger partial charge in [0.2, 0.25) is 5.91 Å². The summed E-state index contributed by atoms with van der Waals surface area (Å²) in [5, 5.41) is 11.7. The van der Waals surface area contributed by atoms with Gasteiger partial charge in [0.25, 0.3) is 5.91 Å².